The predicted molar refractivity (Wildman–Crippen MR) is 190 cm³/mol. The Bertz CT molecular complexity index is 693. The summed E-state index contributed by atoms with van der Waals surface area (Å²) in [5, 5.41) is 0. The fourth-order valence-electron chi connectivity index (χ4n) is 5.24. The first kappa shape index (κ1) is 42.2. The Morgan fingerprint density at radius 2 is 0.773 bits per heavy atom. The lowest BCUT2D eigenvalue weighted by Crippen LogP contribution is -2.05. The standard InChI is InChI=1S/C40H72O4/c1-3-5-7-9-11-13-15-17-19-21-23-25-27-29-31-35-39(41)43-37-33-34-38-44-40(42)36-32-30-28-26-24-22-20-18-16-14-12-10-8-6-4-2/h17-20,33,37H,3-16,21-32,34-36,38H2,1-2H3/b19-17-,20-18-,37-33?. The number of carbonyl (C=O) groups excluding carboxylic acids is 2. The van der Waals surface area contributed by atoms with Gasteiger partial charge in [0.25, 0.3) is 0 Å². The van der Waals surface area contributed by atoms with E-state index in [1.54, 1.807) is 6.08 Å². The van der Waals surface area contributed by atoms with E-state index in [4.69, 9.17) is 9.47 Å². The first-order valence-electron chi connectivity index (χ1n) is 19.0. The van der Waals surface area contributed by atoms with Gasteiger partial charge in [-0.3, -0.25) is 9.59 Å². The number of rotatable bonds is 34. The molecule has 44 heavy (non-hydrogen) atoms. The van der Waals surface area contributed by atoms with Gasteiger partial charge in [0.1, 0.15) is 0 Å². The van der Waals surface area contributed by atoms with Crippen molar-refractivity contribution in [3.05, 3.63) is 36.6 Å². The molecule has 0 amide bonds. The van der Waals surface area contributed by atoms with E-state index in [0.717, 1.165) is 25.7 Å². The van der Waals surface area contributed by atoms with E-state index in [2.05, 4.69) is 38.2 Å². The van der Waals surface area contributed by atoms with E-state index < -0.39 is 0 Å². The fraction of sp³-hybridized carbons (Fsp3) is 0.800. The molecule has 0 heterocycles. The molecule has 0 rings (SSSR count). The fourth-order valence-corrected chi connectivity index (χ4v) is 5.24. The van der Waals surface area contributed by atoms with Crippen LogP contribution in [0.5, 0.6) is 0 Å². The van der Waals surface area contributed by atoms with Crippen LogP contribution in [0.4, 0.5) is 0 Å². The topological polar surface area (TPSA) is 52.6 Å². The molecule has 0 N–H and O–H groups in total. The molecule has 0 atom stereocenters. The molecule has 0 aliphatic carbocycles. The highest BCUT2D eigenvalue weighted by Gasteiger charge is 2.03. The highest BCUT2D eigenvalue weighted by atomic mass is 16.5. The number of ether oxygens (including phenoxy) is 2. The number of hydrogen-bond donors (Lipinski definition) is 0. The van der Waals surface area contributed by atoms with Crippen LogP contribution in [0.25, 0.3) is 0 Å². The monoisotopic (exact) mass is 617 g/mol. The average molecular weight is 617 g/mol. The summed E-state index contributed by atoms with van der Waals surface area (Å²) >= 11 is 0. The molecule has 0 aliphatic heterocycles. The highest BCUT2D eigenvalue weighted by Crippen LogP contribution is 2.12. The Morgan fingerprint density at radius 1 is 0.409 bits per heavy atom. The smallest absolute Gasteiger partial charge is 0.310 e. The Labute approximate surface area is 273 Å². The summed E-state index contributed by atoms with van der Waals surface area (Å²) in [6.45, 7) is 4.87. The zero-order valence-corrected chi connectivity index (χ0v) is 29.3. The maximum atomic E-state index is 11.9. The van der Waals surface area contributed by atoms with Crippen molar-refractivity contribution in [2.45, 2.75) is 200 Å². The van der Waals surface area contributed by atoms with Crippen molar-refractivity contribution in [1.82, 2.24) is 0 Å². The van der Waals surface area contributed by atoms with Crippen molar-refractivity contribution in [1.29, 1.82) is 0 Å². The molecule has 0 bridgehead atoms. The van der Waals surface area contributed by atoms with Gasteiger partial charge in [-0.15, -0.1) is 0 Å². The molecular formula is C40H72O4. The van der Waals surface area contributed by atoms with Crippen molar-refractivity contribution in [2.75, 3.05) is 6.61 Å². The van der Waals surface area contributed by atoms with E-state index in [9.17, 15) is 9.59 Å². The van der Waals surface area contributed by atoms with E-state index in [-0.39, 0.29) is 11.9 Å². The summed E-state index contributed by atoms with van der Waals surface area (Å²) in [5.41, 5.74) is 0. The van der Waals surface area contributed by atoms with Gasteiger partial charge in [0, 0.05) is 19.3 Å². The molecule has 0 spiro atoms. The molecular weight excluding hydrogens is 544 g/mol. The van der Waals surface area contributed by atoms with Crippen LogP contribution in [0, 0.1) is 0 Å². The molecule has 0 saturated heterocycles. The summed E-state index contributed by atoms with van der Waals surface area (Å²) in [6, 6.07) is 0. The van der Waals surface area contributed by atoms with Crippen LogP contribution in [-0.4, -0.2) is 18.5 Å². The molecule has 0 radical (unpaired) electrons. The molecule has 4 heteroatoms. The third-order valence-electron chi connectivity index (χ3n) is 8.13. The third kappa shape index (κ3) is 36.4. The number of unbranched alkanes of at least 4 members (excludes halogenated alkanes) is 22. The molecule has 0 aromatic heterocycles. The Kier molecular flexibility index (Phi) is 35.8. The van der Waals surface area contributed by atoms with Gasteiger partial charge >= 0.3 is 11.9 Å². The Hall–Kier alpha value is -1.84. The molecule has 4 nitrogen and oxygen atoms in total. The largest absolute Gasteiger partial charge is 0.465 e. The van der Waals surface area contributed by atoms with Gasteiger partial charge < -0.3 is 9.47 Å². The predicted octanol–water partition coefficient (Wildman–Crippen LogP) is 13.1. The van der Waals surface area contributed by atoms with Gasteiger partial charge in [-0.2, -0.15) is 0 Å². The number of hydrogen-bond acceptors (Lipinski definition) is 4. The minimum absolute atomic E-state index is 0.128. The second kappa shape index (κ2) is 37.3. The molecule has 256 valence electrons. The van der Waals surface area contributed by atoms with Gasteiger partial charge in [0.2, 0.25) is 0 Å². The zero-order chi connectivity index (χ0) is 32.0. The lowest BCUT2D eigenvalue weighted by atomic mass is 10.1. The first-order chi connectivity index (χ1) is 21.7. The Morgan fingerprint density at radius 3 is 1.20 bits per heavy atom. The van der Waals surface area contributed by atoms with Crippen LogP contribution in [-0.2, 0) is 19.1 Å². The molecule has 0 unspecified atom stereocenters. The summed E-state index contributed by atoms with van der Waals surface area (Å²) in [7, 11) is 0. The summed E-state index contributed by atoms with van der Waals surface area (Å²) in [5.74, 6) is -0.308. The van der Waals surface area contributed by atoms with Crippen molar-refractivity contribution < 1.29 is 19.1 Å². The van der Waals surface area contributed by atoms with Crippen LogP contribution in [0.2, 0.25) is 0 Å². The minimum atomic E-state index is -0.180. The average Bonchev–Trinajstić information content (AvgIpc) is 3.02. The summed E-state index contributed by atoms with van der Waals surface area (Å²) in [6.07, 6.45) is 46.6. The number of carbonyl (C=O) groups is 2. The third-order valence-corrected chi connectivity index (χ3v) is 8.13. The summed E-state index contributed by atoms with van der Waals surface area (Å²) in [4.78, 5) is 23.8. The number of allylic oxidation sites excluding steroid dienone is 4. The molecule has 0 aromatic carbocycles. The quantitative estimate of drug-likeness (QED) is 0.0312. The van der Waals surface area contributed by atoms with Crippen LogP contribution < -0.4 is 0 Å². The molecule has 0 saturated carbocycles. The Balaban J connectivity index is 3.39. The van der Waals surface area contributed by atoms with Gasteiger partial charge in [0.05, 0.1) is 12.9 Å². The van der Waals surface area contributed by atoms with Crippen molar-refractivity contribution >= 4 is 11.9 Å². The van der Waals surface area contributed by atoms with Crippen LogP contribution in [0.3, 0.4) is 0 Å². The van der Waals surface area contributed by atoms with Crippen molar-refractivity contribution in [3.63, 3.8) is 0 Å². The molecule has 0 aromatic rings. The SMILES string of the molecule is CCCCCCCC/C=C\CCCCCCCC(=O)OC=CCCOC(=O)CCCCCCC/C=C\CCCCCCCC. The second-order valence-corrected chi connectivity index (χ2v) is 12.5. The van der Waals surface area contributed by atoms with E-state index in [1.807, 2.05) is 0 Å². The van der Waals surface area contributed by atoms with Crippen molar-refractivity contribution in [3.8, 4) is 0 Å². The lowest BCUT2D eigenvalue weighted by Gasteiger charge is -2.03. The van der Waals surface area contributed by atoms with Crippen LogP contribution in [0.1, 0.15) is 200 Å². The maximum Gasteiger partial charge on any atom is 0.310 e. The van der Waals surface area contributed by atoms with Gasteiger partial charge in [-0.05, 0) is 70.3 Å². The first-order valence-corrected chi connectivity index (χ1v) is 19.0. The number of esters is 2. The molecule has 0 fully saturated rings. The highest BCUT2D eigenvalue weighted by molar-refractivity contribution is 5.70. The normalized spacial score (nSPS) is 11.8. The zero-order valence-electron chi connectivity index (χ0n) is 29.3. The maximum absolute atomic E-state index is 11.9. The summed E-state index contributed by atoms with van der Waals surface area (Å²) < 4.78 is 10.4. The van der Waals surface area contributed by atoms with Crippen LogP contribution in [0.15, 0.2) is 36.6 Å². The second-order valence-electron chi connectivity index (χ2n) is 12.5. The van der Waals surface area contributed by atoms with Crippen molar-refractivity contribution in [2.24, 2.45) is 0 Å². The van der Waals surface area contributed by atoms with Gasteiger partial charge in [0.15, 0.2) is 0 Å². The molecule has 0 aliphatic rings. The van der Waals surface area contributed by atoms with Crippen LogP contribution >= 0.6 is 0 Å². The van der Waals surface area contributed by atoms with E-state index in [1.165, 1.54) is 148 Å². The van der Waals surface area contributed by atoms with E-state index >= 15 is 0 Å². The lowest BCUT2D eigenvalue weighted by molar-refractivity contribution is -0.143. The van der Waals surface area contributed by atoms with E-state index in [0.29, 0.717) is 25.9 Å². The van der Waals surface area contributed by atoms with Gasteiger partial charge in [-0.25, -0.2) is 0 Å². The minimum Gasteiger partial charge on any atom is -0.465 e. The van der Waals surface area contributed by atoms with Gasteiger partial charge in [-0.1, -0.05) is 141 Å².